The average molecular weight is 257 g/mol. The van der Waals surface area contributed by atoms with Crippen LogP contribution in [0.25, 0.3) is 21.3 Å². The van der Waals surface area contributed by atoms with Gasteiger partial charge in [-0.05, 0) is 23.7 Å². The molecule has 0 spiro atoms. The minimum atomic E-state index is 0.390. The van der Waals surface area contributed by atoms with Crippen molar-refractivity contribution in [1.29, 1.82) is 0 Å². The van der Waals surface area contributed by atoms with Gasteiger partial charge in [0.25, 0.3) is 0 Å². The van der Waals surface area contributed by atoms with Crippen molar-refractivity contribution in [2.45, 2.75) is 6.42 Å². The molecule has 0 aliphatic rings. The molecule has 0 amide bonds. The zero-order valence-electron chi connectivity index (χ0n) is 9.47. The molecule has 0 radical (unpaired) electrons. The van der Waals surface area contributed by atoms with Crippen LogP contribution in [0.5, 0.6) is 0 Å². The van der Waals surface area contributed by atoms with Gasteiger partial charge < -0.3 is 0 Å². The maximum atomic E-state index is 8.12. The van der Waals surface area contributed by atoms with Crippen molar-refractivity contribution < 1.29 is 0 Å². The quantitative estimate of drug-likeness (QED) is 0.264. The number of fused-ring (bicyclic) bond motifs is 1. The lowest BCUT2D eigenvalue weighted by Crippen LogP contribution is -1.82. The lowest BCUT2D eigenvalue weighted by Gasteiger charge is -1.99. The molecular weight excluding hydrogens is 248 g/mol. The summed E-state index contributed by atoms with van der Waals surface area (Å²) in [5, 5.41) is 5.01. The Bertz CT molecular complexity index is 678. The fraction of sp³-hybridized carbons (Fsp3) is 0.154. The molecule has 0 N–H and O–H groups in total. The van der Waals surface area contributed by atoms with Crippen LogP contribution < -0.4 is 0 Å². The van der Waals surface area contributed by atoms with Gasteiger partial charge in [-0.2, -0.15) is 0 Å². The molecule has 0 aliphatic carbocycles. The summed E-state index contributed by atoms with van der Waals surface area (Å²) in [6.45, 7) is 0.390. The fourth-order valence-corrected chi connectivity index (χ4v) is 1.72. The van der Waals surface area contributed by atoms with E-state index in [2.05, 4.69) is 26.9 Å². The van der Waals surface area contributed by atoms with Crippen LogP contribution in [-0.4, -0.2) is 11.5 Å². The maximum absolute atomic E-state index is 8.12. The Balaban J connectivity index is 2.22. The number of hydrogen-bond donors (Lipinski definition) is 0. The Labute approximate surface area is 109 Å². The standard InChI is InChI=1S/C13H9ClN4/c14-12-6-8-16-13-9-10(4-5-11(12)13)3-1-2-7-17-18-15/h4-6,8-9H,2,7H2. The van der Waals surface area contributed by atoms with Crippen molar-refractivity contribution >= 4 is 22.5 Å². The molecule has 0 fully saturated rings. The summed E-state index contributed by atoms with van der Waals surface area (Å²) in [6, 6.07) is 7.45. The van der Waals surface area contributed by atoms with Gasteiger partial charge in [-0.15, -0.1) is 0 Å². The van der Waals surface area contributed by atoms with Gasteiger partial charge >= 0.3 is 0 Å². The van der Waals surface area contributed by atoms with E-state index in [4.69, 9.17) is 17.1 Å². The fourth-order valence-electron chi connectivity index (χ4n) is 1.51. The van der Waals surface area contributed by atoms with Crippen LogP contribution in [0.15, 0.2) is 35.6 Å². The molecular formula is C13H9ClN4. The number of benzene rings is 1. The van der Waals surface area contributed by atoms with E-state index < -0.39 is 0 Å². The first-order valence-corrected chi connectivity index (χ1v) is 5.73. The summed E-state index contributed by atoms with van der Waals surface area (Å²) in [6.07, 6.45) is 2.22. The molecule has 18 heavy (non-hydrogen) atoms. The summed E-state index contributed by atoms with van der Waals surface area (Å²) >= 11 is 6.05. The molecule has 1 aromatic carbocycles. The number of aromatic nitrogens is 1. The van der Waals surface area contributed by atoms with Gasteiger partial charge in [0.15, 0.2) is 0 Å². The predicted octanol–water partition coefficient (Wildman–Crippen LogP) is 3.94. The number of pyridine rings is 1. The summed E-state index contributed by atoms with van der Waals surface area (Å²) in [5.74, 6) is 5.94. The monoisotopic (exact) mass is 256 g/mol. The molecule has 1 aromatic heterocycles. The molecule has 0 unspecified atom stereocenters. The van der Waals surface area contributed by atoms with Crippen LogP contribution in [0, 0.1) is 11.8 Å². The Morgan fingerprint density at radius 3 is 3.11 bits per heavy atom. The molecule has 0 aliphatic heterocycles. The smallest absolute Gasteiger partial charge is 0.0729 e. The summed E-state index contributed by atoms with van der Waals surface area (Å²) in [4.78, 5) is 6.90. The maximum Gasteiger partial charge on any atom is 0.0729 e. The highest BCUT2D eigenvalue weighted by molar-refractivity contribution is 6.35. The van der Waals surface area contributed by atoms with Crippen LogP contribution in [0.2, 0.25) is 5.02 Å². The molecule has 0 atom stereocenters. The van der Waals surface area contributed by atoms with Crippen molar-refractivity contribution in [3.05, 3.63) is 51.5 Å². The highest BCUT2D eigenvalue weighted by atomic mass is 35.5. The van der Waals surface area contributed by atoms with E-state index in [1.54, 1.807) is 12.3 Å². The largest absolute Gasteiger partial charge is 0.256 e. The third-order valence-electron chi connectivity index (χ3n) is 2.32. The van der Waals surface area contributed by atoms with E-state index in [-0.39, 0.29) is 0 Å². The van der Waals surface area contributed by atoms with E-state index in [1.807, 2.05) is 18.2 Å². The minimum absolute atomic E-state index is 0.390. The lowest BCUT2D eigenvalue weighted by atomic mass is 10.1. The zero-order valence-corrected chi connectivity index (χ0v) is 10.2. The molecule has 0 bridgehead atoms. The van der Waals surface area contributed by atoms with Crippen molar-refractivity contribution in [2.75, 3.05) is 6.54 Å². The first kappa shape index (κ1) is 12.3. The highest BCUT2D eigenvalue weighted by Gasteiger charge is 1.99. The highest BCUT2D eigenvalue weighted by Crippen LogP contribution is 2.21. The lowest BCUT2D eigenvalue weighted by molar-refractivity contribution is 1.01. The normalized spacial score (nSPS) is 9.39. The first-order valence-electron chi connectivity index (χ1n) is 5.35. The second kappa shape index (κ2) is 5.92. The number of rotatable bonds is 2. The van der Waals surface area contributed by atoms with E-state index >= 15 is 0 Å². The topological polar surface area (TPSA) is 61.7 Å². The first-order chi connectivity index (χ1) is 8.81. The Morgan fingerprint density at radius 1 is 1.39 bits per heavy atom. The van der Waals surface area contributed by atoms with Gasteiger partial charge in [0, 0.05) is 35.0 Å². The molecule has 5 heteroatoms. The number of halogens is 1. The molecule has 88 valence electrons. The van der Waals surface area contributed by atoms with E-state index in [1.165, 1.54) is 0 Å². The number of hydrogen-bond acceptors (Lipinski definition) is 2. The molecule has 2 rings (SSSR count). The van der Waals surface area contributed by atoms with Gasteiger partial charge in [-0.1, -0.05) is 34.6 Å². The van der Waals surface area contributed by atoms with Gasteiger partial charge in [-0.3, -0.25) is 4.98 Å². The van der Waals surface area contributed by atoms with Crippen molar-refractivity contribution in [1.82, 2.24) is 4.98 Å². The van der Waals surface area contributed by atoms with Crippen LogP contribution >= 0.6 is 11.6 Å². The molecule has 0 saturated heterocycles. The van der Waals surface area contributed by atoms with Crippen LogP contribution in [-0.2, 0) is 0 Å². The molecule has 1 heterocycles. The van der Waals surface area contributed by atoms with Gasteiger partial charge in [0.2, 0.25) is 0 Å². The van der Waals surface area contributed by atoms with E-state index in [0.29, 0.717) is 18.0 Å². The third kappa shape index (κ3) is 2.92. The number of azide groups is 1. The SMILES string of the molecule is [N-]=[N+]=NCCC#Cc1ccc2c(Cl)ccnc2c1. The molecule has 4 nitrogen and oxygen atoms in total. The second-order valence-corrected chi connectivity index (χ2v) is 3.94. The summed E-state index contributed by atoms with van der Waals surface area (Å²) < 4.78 is 0. The predicted molar refractivity (Wildman–Crippen MR) is 72.3 cm³/mol. The Kier molecular flexibility index (Phi) is 4.03. The van der Waals surface area contributed by atoms with Crippen molar-refractivity contribution in [2.24, 2.45) is 5.11 Å². The zero-order chi connectivity index (χ0) is 12.8. The van der Waals surface area contributed by atoms with Gasteiger partial charge in [-0.25, -0.2) is 0 Å². The minimum Gasteiger partial charge on any atom is -0.256 e. The molecule has 0 saturated carbocycles. The third-order valence-corrected chi connectivity index (χ3v) is 2.65. The van der Waals surface area contributed by atoms with Gasteiger partial charge in [0.05, 0.1) is 10.5 Å². The Morgan fingerprint density at radius 2 is 2.28 bits per heavy atom. The van der Waals surface area contributed by atoms with Crippen LogP contribution in [0.1, 0.15) is 12.0 Å². The summed E-state index contributed by atoms with van der Waals surface area (Å²) in [7, 11) is 0. The van der Waals surface area contributed by atoms with Gasteiger partial charge in [0.1, 0.15) is 0 Å². The van der Waals surface area contributed by atoms with Crippen molar-refractivity contribution in [3.8, 4) is 11.8 Å². The average Bonchev–Trinajstić information content (AvgIpc) is 2.39. The van der Waals surface area contributed by atoms with E-state index in [0.717, 1.165) is 16.5 Å². The van der Waals surface area contributed by atoms with Crippen molar-refractivity contribution in [3.63, 3.8) is 0 Å². The van der Waals surface area contributed by atoms with E-state index in [9.17, 15) is 0 Å². The number of nitrogens with zero attached hydrogens (tertiary/aromatic N) is 4. The Hall–Kier alpha value is -2.21. The summed E-state index contributed by atoms with van der Waals surface area (Å²) in [5.41, 5.74) is 9.81. The molecule has 2 aromatic rings. The second-order valence-electron chi connectivity index (χ2n) is 3.53. The van der Waals surface area contributed by atoms with Crippen LogP contribution in [0.3, 0.4) is 0 Å². The van der Waals surface area contributed by atoms with Crippen LogP contribution in [0.4, 0.5) is 0 Å².